The summed E-state index contributed by atoms with van der Waals surface area (Å²) in [4.78, 5) is 43.6. The normalized spacial score (nSPS) is 15.6. The lowest BCUT2D eigenvalue weighted by Crippen LogP contribution is -2.39. The summed E-state index contributed by atoms with van der Waals surface area (Å²) in [6.07, 6.45) is 2.21. The predicted octanol–water partition coefficient (Wildman–Crippen LogP) is 0.830. The van der Waals surface area contributed by atoms with Gasteiger partial charge < -0.3 is 24.8 Å². The fourth-order valence-corrected chi connectivity index (χ4v) is 3.89. The number of anilines is 1. The molecule has 11 nitrogen and oxygen atoms in total. The van der Waals surface area contributed by atoms with E-state index in [0.717, 1.165) is 0 Å². The van der Waals surface area contributed by atoms with Crippen molar-refractivity contribution in [2.24, 2.45) is 7.05 Å². The van der Waals surface area contributed by atoms with E-state index in [0.29, 0.717) is 37.6 Å². The van der Waals surface area contributed by atoms with Gasteiger partial charge in [-0.1, -0.05) is 0 Å². The molecule has 1 aliphatic heterocycles. The number of carbonyl (C=O) groups excluding carboxylic acids is 2. The highest BCUT2D eigenvalue weighted by Gasteiger charge is 2.27. The van der Waals surface area contributed by atoms with Gasteiger partial charge in [0.1, 0.15) is 11.4 Å². The molecule has 1 saturated heterocycles. The Morgan fingerprint density at radius 3 is 2.80 bits per heavy atom. The summed E-state index contributed by atoms with van der Waals surface area (Å²) in [5, 5.41) is 9.48. The van der Waals surface area contributed by atoms with E-state index in [1.807, 2.05) is 4.90 Å². The minimum absolute atomic E-state index is 0.00527. The van der Waals surface area contributed by atoms with Crippen LogP contribution in [0, 0.1) is 0 Å². The molecule has 2 amide bonds. The second-order valence-corrected chi connectivity index (χ2v) is 8.07. The van der Waals surface area contributed by atoms with Gasteiger partial charge in [-0.05, 0) is 25.5 Å². The third-order valence-corrected chi connectivity index (χ3v) is 5.51. The lowest BCUT2D eigenvalue weighted by atomic mass is 10.2. The molecule has 35 heavy (non-hydrogen) atoms. The topological polar surface area (TPSA) is 123 Å². The molecule has 3 aromatic heterocycles. The Morgan fingerprint density at radius 1 is 1.26 bits per heavy atom. The zero-order valence-electron chi connectivity index (χ0n) is 19.2. The number of pyridine rings is 1. The maximum atomic E-state index is 12.8. The van der Waals surface area contributed by atoms with Crippen molar-refractivity contribution in [3.05, 3.63) is 52.2 Å². The van der Waals surface area contributed by atoms with Gasteiger partial charge in [0.15, 0.2) is 17.1 Å². The molecule has 2 N–H and O–H groups in total. The van der Waals surface area contributed by atoms with Gasteiger partial charge in [-0.3, -0.25) is 14.4 Å². The lowest BCUT2D eigenvalue weighted by molar-refractivity contribution is 0.0884. The van der Waals surface area contributed by atoms with Crippen LogP contribution >= 0.6 is 0 Å². The number of aromatic nitrogens is 4. The molecule has 4 rings (SSSR count). The quantitative estimate of drug-likeness (QED) is 0.481. The third-order valence-electron chi connectivity index (χ3n) is 5.51. The van der Waals surface area contributed by atoms with Gasteiger partial charge >= 0.3 is 0 Å². The van der Waals surface area contributed by atoms with Crippen LogP contribution in [0.3, 0.4) is 0 Å². The average Bonchev–Trinajstić information content (AvgIpc) is 3.46. The summed E-state index contributed by atoms with van der Waals surface area (Å²) in [6, 6.07) is 3.16. The van der Waals surface area contributed by atoms with Crippen molar-refractivity contribution in [3.63, 3.8) is 0 Å². The Kier molecular flexibility index (Phi) is 6.94. The second-order valence-electron chi connectivity index (χ2n) is 8.07. The Bertz CT molecular complexity index is 1310. The summed E-state index contributed by atoms with van der Waals surface area (Å²) >= 11 is 0. The highest BCUT2D eigenvalue weighted by molar-refractivity contribution is 5.94. The maximum absolute atomic E-state index is 12.8. The number of hydrogen-bond donors (Lipinski definition) is 2. The van der Waals surface area contributed by atoms with Crippen molar-refractivity contribution in [2.75, 3.05) is 31.1 Å². The first-order valence-corrected chi connectivity index (χ1v) is 11.1. The van der Waals surface area contributed by atoms with Crippen LogP contribution in [-0.2, 0) is 7.05 Å². The number of halogens is 2. The Balaban J connectivity index is 1.46. The van der Waals surface area contributed by atoms with Gasteiger partial charge in [0, 0.05) is 38.6 Å². The zero-order chi connectivity index (χ0) is 25.1. The van der Waals surface area contributed by atoms with E-state index >= 15 is 0 Å². The molecule has 0 radical (unpaired) electrons. The predicted molar refractivity (Wildman–Crippen MR) is 122 cm³/mol. The van der Waals surface area contributed by atoms with Crippen LogP contribution in [0.5, 0.6) is 5.75 Å². The molecule has 186 valence electrons. The van der Waals surface area contributed by atoms with Crippen LogP contribution in [0.4, 0.5) is 14.6 Å². The number of aryl methyl sites for hydroxylation is 1. The van der Waals surface area contributed by atoms with E-state index in [1.165, 1.54) is 23.1 Å². The van der Waals surface area contributed by atoms with Crippen molar-refractivity contribution in [1.82, 2.24) is 29.8 Å². The van der Waals surface area contributed by atoms with Crippen molar-refractivity contribution in [2.45, 2.75) is 25.8 Å². The molecule has 1 aliphatic rings. The fraction of sp³-hybridized carbons (Fsp3) is 0.409. The first-order valence-electron chi connectivity index (χ1n) is 11.1. The molecule has 1 atom stereocenters. The largest absolute Gasteiger partial charge is 0.488 e. The van der Waals surface area contributed by atoms with E-state index < -0.39 is 30.2 Å². The van der Waals surface area contributed by atoms with Gasteiger partial charge in [-0.2, -0.15) is 0 Å². The molecule has 0 aromatic carbocycles. The standard InChI is InChI=1S/C22H25F2N7O4/c1-3-35-16-12-29(2)11-14(20(16)32)21(33)27-13-6-7-30(10-13)19-5-4-18-25-8-15(31(18)28-19)22(34)26-9-17(23)24/h4-5,8,11-13,17H,3,6-7,9-10H2,1-2H3,(H,26,34)(H,27,33)/t13-/m0/s1. The molecule has 4 heterocycles. The highest BCUT2D eigenvalue weighted by Crippen LogP contribution is 2.19. The first-order chi connectivity index (χ1) is 16.8. The number of rotatable bonds is 8. The maximum Gasteiger partial charge on any atom is 0.271 e. The smallest absolute Gasteiger partial charge is 0.271 e. The number of nitrogens with zero attached hydrogens (tertiary/aromatic N) is 5. The van der Waals surface area contributed by atoms with Crippen molar-refractivity contribution in [3.8, 4) is 5.75 Å². The van der Waals surface area contributed by atoms with E-state index in [1.54, 1.807) is 30.7 Å². The van der Waals surface area contributed by atoms with Crippen molar-refractivity contribution >= 4 is 23.3 Å². The molecule has 0 saturated carbocycles. The third kappa shape index (κ3) is 5.23. The fourth-order valence-electron chi connectivity index (χ4n) is 3.89. The van der Waals surface area contributed by atoms with Crippen molar-refractivity contribution in [1.29, 1.82) is 0 Å². The monoisotopic (exact) mass is 489 g/mol. The minimum atomic E-state index is -2.67. The molecule has 13 heteroatoms. The molecule has 1 fully saturated rings. The molecule has 0 bridgehead atoms. The molecule has 0 spiro atoms. The molecule has 3 aromatic rings. The minimum Gasteiger partial charge on any atom is -0.488 e. The van der Waals surface area contributed by atoms with Crippen molar-refractivity contribution < 1.29 is 23.1 Å². The van der Waals surface area contributed by atoms with Gasteiger partial charge in [-0.15, -0.1) is 5.10 Å². The number of ether oxygens (including phenoxy) is 1. The van der Waals surface area contributed by atoms with Gasteiger partial charge in [0.25, 0.3) is 18.2 Å². The van der Waals surface area contributed by atoms with Gasteiger partial charge in [0.2, 0.25) is 5.43 Å². The second kappa shape index (κ2) is 10.1. The van der Waals surface area contributed by atoms with Crippen LogP contribution < -0.4 is 25.7 Å². The summed E-state index contributed by atoms with van der Waals surface area (Å²) in [6.45, 7) is 2.30. The number of nitrogens with one attached hydrogen (secondary N) is 2. The number of fused-ring (bicyclic) bond motifs is 1. The zero-order valence-corrected chi connectivity index (χ0v) is 19.2. The molecule has 0 aliphatic carbocycles. The lowest BCUT2D eigenvalue weighted by Gasteiger charge is -2.18. The summed E-state index contributed by atoms with van der Waals surface area (Å²) < 4.78 is 33.1. The van der Waals surface area contributed by atoms with E-state index in [4.69, 9.17) is 4.74 Å². The Morgan fingerprint density at radius 2 is 2.06 bits per heavy atom. The molecule has 0 unspecified atom stereocenters. The van der Waals surface area contributed by atoms with Gasteiger partial charge in [-0.25, -0.2) is 18.3 Å². The number of alkyl halides is 2. The van der Waals surface area contributed by atoms with Crippen LogP contribution in [-0.4, -0.2) is 69.7 Å². The summed E-state index contributed by atoms with van der Waals surface area (Å²) in [5.41, 5.74) is -0.0434. The van der Waals surface area contributed by atoms with Crippen LogP contribution in [0.15, 0.2) is 35.5 Å². The number of hydrogen-bond acceptors (Lipinski definition) is 7. The average molecular weight is 489 g/mol. The Hall–Kier alpha value is -4.03. The van der Waals surface area contributed by atoms with E-state index in [9.17, 15) is 23.2 Å². The van der Waals surface area contributed by atoms with E-state index in [2.05, 4.69) is 20.7 Å². The van der Waals surface area contributed by atoms with Gasteiger partial charge in [0.05, 0.1) is 19.3 Å². The van der Waals surface area contributed by atoms with E-state index in [-0.39, 0.29) is 23.0 Å². The SMILES string of the molecule is CCOc1cn(C)cc(C(=O)N[C@H]2CCN(c3ccc4ncc(C(=O)NCC(F)F)n4n3)C2)c1=O. The number of imidazole rings is 1. The Labute approximate surface area is 198 Å². The first kappa shape index (κ1) is 24.1. The number of amides is 2. The summed E-state index contributed by atoms with van der Waals surface area (Å²) in [5.74, 6) is -0.550. The van der Waals surface area contributed by atoms with Crippen LogP contribution in [0.2, 0.25) is 0 Å². The van der Waals surface area contributed by atoms with Crippen LogP contribution in [0.25, 0.3) is 5.65 Å². The molecular formula is C22H25F2N7O4. The summed E-state index contributed by atoms with van der Waals surface area (Å²) in [7, 11) is 1.70. The molecular weight excluding hydrogens is 464 g/mol. The highest BCUT2D eigenvalue weighted by atomic mass is 19.3. The number of carbonyl (C=O) groups is 2. The van der Waals surface area contributed by atoms with Crippen LogP contribution in [0.1, 0.15) is 34.2 Å².